The molecule has 3 fully saturated rings. The van der Waals surface area contributed by atoms with Gasteiger partial charge in [0.1, 0.15) is 11.0 Å². The number of nitriles is 1. The summed E-state index contributed by atoms with van der Waals surface area (Å²) in [6, 6.07) is 2.33. The van der Waals surface area contributed by atoms with Crippen molar-refractivity contribution in [3.8, 4) is 6.07 Å². The van der Waals surface area contributed by atoms with Crippen LogP contribution in [0.25, 0.3) is 0 Å². The van der Waals surface area contributed by atoms with E-state index in [0.717, 1.165) is 32.6 Å². The number of likely N-dealkylation sites (tertiary alicyclic amines) is 2. The molecule has 0 N–H and O–H groups in total. The second-order valence-electron chi connectivity index (χ2n) is 10.2. The molecule has 0 saturated carbocycles. The zero-order valence-electron chi connectivity index (χ0n) is 19.6. The van der Waals surface area contributed by atoms with Crippen LogP contribution in [0.1, 0.15) is 52.9 Å². The first-order valence-corrected chi connectivity index (χ1v) is 11.9. The maximum Gasteiger partial charge on any atom is 0.410 e. The van der Waals surface area contributed by atoms with Gasteiger partial charge in [-0.05, 0) is 72.5 Å². The largest absolute Gasteiger partial charge is 0.444 e. The highest BCUT2D eigenvalue weighted by Crippen LogP contribution is 2.34. The van der Waals surface area contributed by atoms with Gasteiger partial charge in [-0.3, -0.25) is 4.79 Å². The number of hydrogen-bond acceptors (Lipinski definition) is 6. The van der Waals surface area contributed by atoms with Gasteiger partial charge in [-0.2, -0.15) is 5.26 Å². The molecule has 0 aromatic heterocycles. The molecule has 8 nitrogen and oxygen atoms in total. The van der Waals surface area contributed by atoms with Crippen molar-refractivity contribution >= 4 is 12.0 Å². The summed E-state index contributed by atoms with van der Waals surface area (Å²) in [6.45, 7) is 14.1. The topological polar surface area (TPSA) is 80.1 Å². The molecule has 31 heavy (non-hydrogen) atoms. The monoisotopic (exact) mass is 433 g/mol. The predicted octanol–water partition coefficient (Wildman–Crippen LogP) is 2.16. The van der Waals surface area contributed by atoms with Gasteiger partial charge in [0.05, 0.1) is 6.07 Å². The summed E-state index contributed by atoms with van der Waals surface area (Å²) in [7, 11) is 0. The lowest BCUT2D eigenvalue weighted by Crippen LogP contribution is -2.52. The molecule has 0 unspecified atom stereocenters. The predicted molar refractivity (Wildman–Crippen MR) is 118 cm³/mol. The number of hydrogen-bond donors (Lipinski definition) is 0. The van der Waals surface area contributed by atoms with E-state index in [4.69, 9.17) is 4.74 Å². The zero-order valence-corrected chi connectivity index (χ0v) is 19.6. The number of piperidine rings is 1. The third-order valence-electron chi connectivity index (χ3n) is 6.70. The second-order valence-corrected chi connectivity index (χ2v) is 10.2. The fraction of sp³-hybridized carbons (Fsp3) is 0.870. The molecule has 0 aliphatic carbocycles. The van der Waals surface area contributed by atoms with Crippen molar-refractivity contribution in [2.75, 3.05) is 65.4 Å². The molecule has 0 atom stereocenters. The van der Waals surface area contributed by atoms with Crippen molar-refractivity contribution in [1.29, 1.82) is 5.26 Å². The van der Waals surface area contributed by atoms with Gasteiger partial charge in [0.15, 0.2) is 0 Å². The molecule has 0 aromatic carbocycles. The van der Waals surface area contributed by atoms with Crippen LogP contribution < -0.4 is 0 Å². The molecule has 2 amide bonds. The molecule has 3 aliphatic heterocycles. The number of nitrogens with zero attached hydrogens (tertiary/aromatic N) is 5. The molecule has 0 bridgehead atoms. The molecular weight excluding hydrogens is 394 g/mol. The van der Waals surface area contributed by atoms with E-state index < -0.39 is 11.0 Å². The molecule has 0 spiro atoms. The molecular formula is C23H39N5O3. The summed E-state index contributed by atoms with van der Waals surface area (Å²) in [5.74, 6) is -0.0553. The molecule has 174 valence electrons. The Bertz CT molecular complexity index is 670. The van der Waals surface area contributed by atoms with Crippen molar-refractivity contribution in [2.45, 2.75) is 58.5 Å². The highest BCUT2D eigenvalue weighted by molar-refractivity contribution is 5.86. The SMILES string of the molecule is CC(C)(C)OC(=O)N1CCC(C#N)(C(=O)N2CCCN(CCN3CCCC3)CC2)CC1. The van der Waals surface area contributed by atoms with E-state index in [1.165, 1.54) is 25.9 Å². The van der Waals surface area contributed by atoms with E-state index >= 15 is 0 Å². The first kappa shape index (κ1) is 23.8. The van der Waals surface area contributed by atoms with Gasteiger partial charge in [-0.25, -0.2) is 4.79 Å². The highest BCUT2D eigenvalue weighted by Gasteiger charge is 2.45. The molecule has 8 heteroatoms. The van der Waals surface area contributed by atoms with Crippen molar-refractivity contribution in [3.63, 3.8) is 0 Å². The van der Waals surface area contributed by atoms with Crippen LogP contribution in [0.15, 0.2) is 0 Å². The summed E-state index contributed by atoms with van der Waals surface area (Å²) in [5.41, 5.74) is -1.58. The summed E-state index contributed by atoms with van der Waals surface area (Å²) >= 11 is 0. The minimum absolute atomic E-state index is 0.0553. The lowest BCUT2D eigenvalue weighted by molar-refractivity contribution is -0.141. The quantitative estimate of drug-likeness (QED) is 0.676. The maximum absolute atomic E-state index is 13.4. The summed E-state index contributed by atoms with van der Waals surface area (Å²) in [4.78, 5) is 34.2. The minimum Gasteiger partial charge on any atom is -0.444 e. The first-order valence-electron chi connectivity index (χ1n) is 11.9. The van der Waals surface area contributed by atoms with Gasteiger partial charge < -0.3 is 24.3 Å². The average molecular weight is 434 g/mol. The maximum atomic E-state index is 13.4. The van der Waals surface area contributed by atoms with Crippen LogP contribution in [0, 0.1) is 16.7 Å². The molecule has 3 rings (SSSR count). The van der Waals surface area contributed by atoms with E-state index in [1.54, 1.807) is 4.90 Å². The van der Waals surface area contributed by atoms with Crippen LogP contribution in [0.4, 0.5) is 4.79 Å². The fourth-order valence-electron chi connectivity index (χ4n) is 4.76. The molecule has 3 heterocycles. The minimum atomic E-state index is -1.02. The van der Waals surface area contributed by atoms with Gasteiger partial charge in [0, 0.05) is 45.8 Å². The van der Waals surface area contributed by atoms with Gasteiger partial charge in [0.2, 0.25) is 5.91 Å². The lowest BCUT2D eigenvalue weighted by Gasteiger charge is -2.39. The average Bonchev–Trinajstić information content (AvgIpc) is 3.14. The smallest absolute Gasteiger partial charge is 0.410 e. The second kappa shape index (κ2) is 10.2. The van der Waals surface area contributed by atoms with E-state index in [2.05, 4.69) is 15.9 Å². The van der Waals surface area contributed by atoms with Crippen LogP contribution in [-0.4, -0.2) is 103 Å². The Labute approximate surface area is 187 Å². The Kier molecular flexibility index (Phi) is 7.82. The molecule has 0 radical (unpaired) electrons. The van der Waals surface area contributed by atoms with Gasteiger partial charge in [-0.15, -0.1) is 0 Å². The van der Waals surface area contributed by atoms with Crippen LogP contribution in [-0.2, 0) is 9.53 Å². The van der Waals surface area contributed by atoms with Crippen molar-refractivity contribution < 1.29 is 14.3 Å². The van der Waals surface area contributed by atoms with Crippen LogP contribution in [0.3, 0.4) is 0 Å². The van der Waals surface area contributed by atoms with Crippen LogP contribution in [0.5, 0.6) is 0 Å². The first-order chi connectivity index (χ1) is 14.7. The van der Waals surface area contributed by atoms with Gasteiger partial charge in [-0.1, -0.05) is 0 Å². The van der Waals surface area contributed by atoms with Crippen molar-refractivity contribution in [2.24, 2.45) is 5.41 Å². The number of carbonyl (C=O) groups is 2. The van der Waals surface area contributed by atoms with Gasteiger partial charge >= 0.3 is 6.09 Å². The Morgan fingerprint density at radius 1 is 0.839 bits per heavy atom. The molecule has 3 aliphatic rings. The Morgan fingerprint density at radius 2 is 1.42 bits per heavy atom. The lowest BCUT2D eigenvalue weighted by atomic mass is 9.78. The third-order valence-corrected chi connectivity index (χ3v) is 6.70. The Balaban J connectivity index is 1.51. The summed E-state index contributed by atoms with van der Waals surface area (Å²) < 4.78 is 5.44. The van der Waals surface area contributed by atoms with E-state index in [9.17, 15) is 14.9 Å². The zero-order chi connectivity index (χ0) is 22.5. The third kappa shape index (κ3) is 6.33. The Hall–Kier alpha value is -1.85. The normalized spacial score (nSPS) is 23.3. The van der Waals surface area contributed by atoms with E-state index in [0.29, 0.717) is 39.0 Å². The van der Waals surface area contributed by atoms with Crippen molar-refractivity contribution in [1.82, 2.24) is 19.6 Å². The molecule has 0 aromatic rings. The summed E-state index contributed by atoms with van der Waals surface area (Å²) in [6.07, 6.45) is 3.94. The number of carbonyl (C=O) groups excluding carboxylic acids is 2. The Morgan fingerprint density at radius 3 is 2.00 bits per heavy atom. The number of ether oxygens (including phenoxy) is 1. The van der Waals surface area contributed by atoms with E-state index in [1.807, 2.05) is 25.7 Å². The number of rotatable bonds is 4. The van der Waals surface area contributed by atoms with Crippen LogP contribution >= 0.6 is 0 Å². The fourth-order valence-corrected chi connectivity index (χ4v) is 4.76. The standard InChI is InChI=1S/C23H39N5O3/c1-22(2,3)31-21(30)28-13-7-23(19-24,8-14-28)20(29)27-12-6-11-26(17-18-27)16-15-25-9-4-5-10-25/h4-18H2,1-3H3. The van der Waals surface area contributed by atoms with Crippen molar-refractivity contribution in [3.05, 3.63) is 0 Å². The van der Waals surface area contributed by atoms with Crippen LogP contribution in [0.2, 0.25) is 0 Å². The number of amides is 2. The highest BCUT2D eigenvalue weighted by atomic mass is 16.6. The van der Waals surface area contributed by atoms with Gasteiger partial charge in [0.25, 0.3) is 0 Å². The molecule has 3 saturated heterocycles. The summed E-state index contributed by atoms with van der Waals surface area (Å²) in [5, 5.41) is 9.93. The van der Waals surface area contributed by atoms with E-state index in [-0.39, 0.29) is 12.0 Å².